The van der Waals surface area contributed by atoms with Crippen molar-refractivity contribution in [3.63, 3.8) is 0 Å². The van der Waals surface area contributed by atoms with Gasteiger partial charge in [-0.15, -0.1) is 0 Å². The highest BCUT2D eigenvalue weighted by Gasteiger charge is 2.34. The fraction of sp³-hybridized carbons (Fsp3) is 0.429. The molecule has 4 amide bonds. The van der Waals surface area contributed by atoms with Crippen LogP contribution in [0.5, 0.6) is 0 Å². The highest BCUT2D eigenvalue weighted by atomic mass is 19.1. The summed E-state index contributed by atoms with van der Waals surface area (Å²) in [6.07, 6.45) is 0.796. The van der Waals surface area contributed by atoms with Gasteiger partial charge in [-0.2, -0.15) is 0 Å². The molecule has 20 heavy (non-hydrogen) atoms. The van der Waals surface area contributed by atoms with Crippen molar-refractivity contribution in [3.05, 3.63) is 35.6 Å². The van der Waals surface area contributed by atoms with Gasteiger partial charge in [0, 0.05) is 32.1 Å². The molecule has 1 aromatic rings. The Balaban J connectivity index is 1.67. The number of amides is 4. The first-order chi connectivity index (χ1) is 9.65. The Bertz CT molecular complexity index is 549. The minimum absolute atomic E-state index is 0.139. The molecule has 2 saturated heterocycles. The van der Waals surface area contributed by atoms with Crippen molar-refractivity contribution < 1.29 is 14.0 Å². The van der Waals surface area contributed by atoms with Crippen LogP contribution in [0.2, 0.25) is 0 Å². The molecule has 2 heterocycles. The molecule has 1 atom stereocenters. The predicted octanol–water partition coefficient (Wildman–Crippen LogP) is 1.76. The maximum absolute atomic E-state index is 13.2. The third kappa shape index (κ3) is 2.33. The van der Waals surface area contributed by atoms with Gasteiger partial charge in [0.2, 0.25) is 0 Å². The van der Waals surface area contributed by atoms with E-state index in [1.165, 1.54) is 17.0 Å². The maximum Gasteiger partial charge on any atom is 0.328 e. The molecule has 106 valence electrons. The van der Waals surface area contributed by atoms with Crippen molar-refractivity contribution in [2.45, 2.75) is 12.3 Å². The molecular weight excluding hydrogens is 261 g/mol. The fourth-order valence-corrected chi connectivity index (χ4v) is 2.79. The predicted molar refractivity (Wildman–Crippen MR) is 70.8 cm³/mol. The molecule has 1 N–H and O–H groups in total. The van der Waals surface area contributed by atoms with Crippen LogP contribution in [-0.4, -0.2) is 48.0 Å². The second-order valence-corrected chi connectivity index (χ2v) is 5.15. The van der Waals surface area contributed by atoms with Crippen LogP contribution in [0.1, 0.15) is 17.9 Å². The van der Waals surface area contributed by atoms with E-state index in [0.29, 0.717) is 26.2 Å². The first kappa shape index (κ1) is 12.9. The number of halogens is 1. The van der Waals surface area contributed by atoms with Crippen LogP contribution < -0.4 is 5.32 Å². The summed E-state index contributed by atoms with van der Waals surface area (Å²) in [4.78, 5) is 26.6. The molecule has 1 unspecified atom stereocenters. The third-order valence-corrected chi connectivity index (χ3v) is 3.87. The molecular formula is C14H16FN3O2. The summed E-state index contributed by atoms with van der Waals surface area (Å²) in [6.45, 7) is 2.06. The first-order valence-electron chi connectivity index (χ1n) is 6.75. The molecule has 0 saturated carbocycles. The number of carbonyl (C=O) groups excluding carboxylic acids is 2. The van der Waals surface area contributed by atoms with Crippen LogP contribution in [0.25, 0.3) is 0 Å². The largest absolute Gasteiger partial charge is 0.336 e. The number of hydrogen-bond donors (Lipinski definition) is 1. The number of carbonyl (C=O) groups is 2. The Morgan fingerprint density at radius 2 is 2.20 bits per heavy atom. The number of urea groups is 2. The summed E-state index contributed by atoms with van der Waals surface area (Å²) < 4.78 is 13.2. The Morgan fingerprint density at radius 3 is 2.90 bits per heavy atom. The zero-order valence-electron chi connectivity index (χ0n) is 11.0. The average molecular weight is 277 g/mol. The molecule has 0 spiro atoms. The summed E-state index contributed by atoms with van der Waals surface area (Å²) >= 11 is 0. The SMILES string of the molecule is O=C1NCCN1C(=O)N1CCC(c2cccc(F)c2)C1. The zero-order valence-corrected chi connectivity index (χ0v) is 11.0. The van der Waals surface area contributed by atoms with Gasteiger partial charge in [-0.3, -0.25) is 0 Å². The third-order valence-electron chi connectivity index (χ3n) is 3.87. The normalized spacial score (nSPS) is 22.2. The van der Waals surface area contributed by atoms with Crippen molar-refractivity contribution >= 4 is 12.1 Å². The van der Waals surface area contributed by atoms with E-state index >= 15 is 0 Å². The maximum atomic E-state index is 13.2. The van der Waals surface area contributed by atoms with Crippen molar-refractivity contribution in [1.29, 1.82) is 0 Å². The number of nitrogens with zero attached hydrogens (tertiary/aromatic N) is 2. The van der Waals surface area contributed by atoms with Gasteiger partial charge < -0.3 is 10.2 Å². The number of nitrogens with one attached hydrogen (secondary N) is 1. The minimum Gasteiger partial charge on any atom is -0.336 e. The second kappa shape index (κ2) is 5.11. The molecule has 0 radical (unpaired) electrons. The summed E-state index contributed by atoms with van der Waals surface area (Å²) in [5.74, 6) is -0.119. The molecule has 0 bridgehead atoms. The highest BCUT2D eigenvalue weighted by molar-refractivity contribution is 5.95. The molecule has 0 aromatic heterocycles. The summed E-state index contributed by atoms with van der Waals surface area (Å²) in [5.41, 5.74) is 0.908. The van der Waals surface area contributed by atoms with Gasteiger partial charge in [-0.1, -0.05) is 12.1 Å². The topological polar surface area (TPSA) is 52.7 Å². The van der Waals surface area contributed by atoms with E-state index in [9.17, 15) is 14.0 Å². The minimum atomic E-state index is -0.329. The molecule has 5 nitrogen and oxygen atoms in total. The summed E-state index contributed by atoms with van der Waals surface area (Å²) in [7, 11) is 0. The van der Waals surface area contributed by atoms with Gasteiger partial charge in [-0.05, 0) is 24.1 Å². The van der Waals surface area contributed by atoms with E-state index in [1.54, 1.807) is 11.0 Å². The van der Waals surface area contributed by atoms with Crippen LogP contribution in [0.3, 0.4) is 0 Å². The highest BCUT2D eigenvalue weighted by Crippen LogP contribution is 2.28. The smallest absolute Gasteiger partial charge is 0.328 e. The van der Waals surface area contributed by atoms with E-state index in [2.05, 4.69) is 5.32 Å². The lowest BCUT2D eigenvalue weighted by atomic mass is 9.98. The van der Waals surface area contributed by atoms with E-state index in [0.717, 1.165) is 12.0 Å². The lowest BCUT2D eigenvalue weighted by Gasteiger charge is -2.22. The van der Waals surface area contributed by atoms with Gasteiger partial charge in [0.15, 0.2) is 0 Å². The van der Waals surface area contributed by atoms with E-state index in [4.69, 9.17) is 0 Å². The van der Waals surface area contributed by atoms with Gasteiger partial charge in [0.1, 0.15) is 5.82 Å². The van der Waals surface area contributed by atoms with Crippen LogP contribution in [-0.2, 0) is 0 Å². The second-order valence-electron chi connectivity index (χ2n) is 5.15. The number of benzene rings is 1. The quantitative estimate of drug-likeness (QED) is 0.850. The molecule has 2 aliphatic heterocycles. The van der Waals surface area contributed by atoms with Gasteiger partial charge in [0.25, 0.3) is 0 Å². The summed E-state index contributed by atoms with van der Waals surface area (Å²) in [5, 5.41) is 2.61. The zero-order chi connectivity index (χ0) is 14.1. The molecule has 2 fully saturated rings. The van der Waals surface area contributed by atoms with Crippen molar-refractivity contribution in [2.24, 2.45) is 0 Å². The van der Waals surface area contributed by atoms with Crippen molar-refractivity contribution in [2.75, 3.05) is 26.2 Å². The number of rotatable bonds is 1. The number of imide groups is 1. The lowest BCUT2D eigenvalue weighted by molar-refractivity contribution is 0.172. The van der Waals surface area contributed by atoms with Gasteiger partial charge in [-0.25, -0.2) is 18.9 Å². The number of likely N-dealkylation sites (tertiary alicyclic amines) is 1. The van der Waals surface area contributed by atoms with Crippen molar-refractivity contribution in [3.8, 4) is 0 Å². The fourth-order valence-electron chi connectivity index (χ4n) is 2.79. The monoisotopic (exact) mass is 277 g/mol. The molecule has 0 aliphatic carbocycles. The van der Waals surface area contributed by atoms with E-state index < -0.39 is 0 Å². The van der Waals surface area contributed by atoms with Crippen LogP contribution in [0.4, 0.5) is 14.0 Å². The van der Waals surface area contributed by atoms with Gasteiger partial charge >= 0.3 is 12.1 Å². The molecule has 6 heteroatoms. The van der Waals surface area contributed by atoms with E-state index in [1.807, 2.05) is 6.07 Å². The Hall–Kier alpha value is -2.11. The Morgan fingerprint density at radius 1 is 1.35 bits per heavy atom. The molecule has 2 aliphatic rings. The first-order valence-corrected chi connectivity index (χ1v) is 6.75. The lowest BCUT2D eigenvalue weighted by Crippen LogP contribution is -2.43. The van der Waals surface area contributed by atoms with Crippen molar-refractivity contribution in [1.82, 2.24) is 15.1 Å². The van der Waals surface area contributed by atoms with Gasteiger partial charge in [0.05, 0.1) is 0 Å². The van der Waals surface area contributed by atoms with Crippen LogP contribution in [0, 0.1) is 5.82 Å². The number of hydrogen-bond acceptors (Lipinski definition) is 2. The summed E-state index contributed by atoms with van der Waals surface area (Å²) in [6, 6.07) is 5.91. The Kier molecular flexibility index (Phi) is 3.30. The Labute approximate surface area is 116 Å². The average Bonchev–Trinajstić information content (AvgIpc) is 3.07. The van der Waals surface area contributed by atoms with Crippen LogP contribution >= 0.6 is 0 Å². The van der Waals surface area contributed by atoms with Crippen LogP contribution in [0.15, 0.2) is 24.3 Å². The molecule has 3 rings (SSSR count). The molecule has 1 aromatic carbocycles. The van der Waals surface area contributed by atoms with E-state index in [-0.39, 0.29) is 23.8 Å². The standard InChI is InChI=1S/C14H16FN3O2/c15-12-3-1-2-10(8-12)11-4-6-17(9-11)14(20)18-7-5-16-13(18)19/h1-3,8,11H,4-7,9H2,(H,16,19).